The van der Waals surface area contributed by atoms with Crippen LogP contribution in [0.5, 0.6) is 0 Å². The zero-order valence-electron chi connectivity index (χ0n) is 10.1. The van der Waals surface area contributed by atoms with Gasteiger partial charge in [-0.15, -0.1) is 0 Å². The van der Waals surface area contributed by atoms with E-state index in [2.05, 4.69) is 10.5 Å². The molecule has 0 saturated carbocycles. The molecule has 0 bridgehead atoms. The standard InChI is InChI=1S/C10H21N3O3/c1-7(6-16-3)4-10(14)12-8(2)5-9(11)13-15/h7-8,15H,4-6H2,1-3H3,(H2,11,13)(H,12,14). The smallest absolute Gasteiger partial charge is 0.220 e. The second-order valence-electron chi connectivity index (χ2n) is 4.03. The lowest BCUT2D eigenvalue weighted by Crippen LogP contribution is -2.36. The largest absolute Gasteiger partial charge is 0.409 e. The molecule has 1 amide bonds. The van der Waals surface area contributed by atoms with E-state index in [4.69, 9.17) is 15.7 Å². The fourth-order valence-corrected chi connectivity index (χ4v) is 1.40. The van der Waals surface area contributed by atoms with Crippen molar-refractivity contribution in [2.45, 2.75) is 32.7 Å². The maximum atomic E-state index is 11.5. The van der Waals surface area contributed by atoms with Crippen LogP contribution in [0.2, 0.25) is 0 Å². The summed E-state index contributed by atoms with van der Waals surface area (Å²) >= 11 is 0. The van der Waals surface area contributed by atoms with E-state index < -0.39 is 0 Å². The van der Waals surface area contributed by atoms with Gasteiger partial charge in [0.1, 0.15) is 5.84 Å². The number of nitrogens with two attached hydrogens (primary N) is 1. The monoisotopic (exact) mass is 231 g/mol. The third-order valence-corrected chi connectivity index (χ3v) is 2.04. The van der Waals surface area contributed by atoms with Crippen LogP contribution < -0.4 is 11.1 Å². The number of amides is 1. The fraction of sp³-hybridized carbons (Fsp3) is 0.800. The molecule has 0 rings (SSSR count). The molecular formula is C10H21N3O3. The third kappa shape index (κ3) is 7.05. The van der Waals surface area contributed by atoms with Crippen LogP contribution >= 0.6 is 0 Å². The van der Waals surface area contributed by atoms with Crippen LogP contribution in [-0.2, 0) is 9.53 Å². The number of carbonyl (C=O) groups is 1. The van der Waals surface area contributed by atoms with E-state index in [1.54, 1.807) is 14.0 Å². The highest BCUT2D eigenvalue weighted by Crippen LogP contribution is 2.02. The van der Waals surface area contributed by atoms with E-state index in [1.807, 2.05) is 6.92 Å². The molecule has 0 saturated heterocycles. The van der Waals surface area contributed by atoms with Crippen molar-refractivity contribution in [1.82, 2.24) is 5.32 Å². The van der Waals surface area contributed by atoms with Crippen molar-refractivity contribution >= 4 is 11.7 Å². The fourth-order valence-electron chi connectivity index (χ4n) is 1.40. The lowest BCUT2D eigenvalue weighted by molar-refractivity contribution is -0.122. The number of methoxy groups -OCH3 is 1. The Hall–Kier alpha value is -1.30. The van der Waals surface area contributed by atoms with Crippen LogP contribution in [0.1, 0.15) is 26.7 Å². The molecule has 6 nitrogen and oxygen atoms in total. The highest BCUT2D eigenvalue weighted by atomic mass is 16.5. The molecule has 6 heteroatoms. The van der Waals surface area contributed by atoms with Crippen LogP contribution in [0.4, 0.5) is 0 Å². The molecular weight excluding hydrogens is 210 g/mol. The number of hydrogen-bond acceptors (Lipinski definition) is 4. The first kappa shape index (κ1) is 14.7. The molecule has 0 aromatic rings. The number of nitrogens with zero attached hydrogens (tertiary/aromatic N) is 1. The second-order valence-corrected chi connectivity index (χ2v) is 4.03. The van der Waals surface area contributed by atoms with Crippen molar-refractivity contribution in [1.29, 1.82) is 0 Å². The van der Waals surface area contributed by atoms with Crippen molar-refractivity contribution in [2.24, 2.45) is 16.8 Å². The topological polar surface area (TPSA) is 96.9 Å². The van der Waals surface area contributed by atoms with Crippen molar-refractivity contribution < 1.29 is 14.7 Å². The molecule has 0 aliphatic heterocycles. The molecule has 2 atom stereocenters. The van der Waals surface area contributed by atoms with E-state index in [-0.39, 0.29) is 23.7 Å². The second kappa shape index (κ2) is 7.92. The lowest BCUT2D eigenvalue weighted by atomic mass is 10.1. The Morgan fingerprint density at radius 2 is 2.12 bits per heavy atom. The zero-order chi connectivity index (χ0) is 12.6. The minimum atomic E-state index is -0.141. The van der Waals surface area contributed by atoms with Gasteiger partial charge in [0.15, 0.2) is 0 Å². The number of carbonyl (C=O) groups excluding carboxylic acids is 1. The van der Waals surface area contributed by atoms with Crippen molar-refractivity contribution in [3.63, 3.8) is 0 Å². The number of oxime groups is 1. The minimum absolute atomic E-state index is 0.0530. The van der Waals surface area contributed by atoms with E-state index in [1.165, 1.54) is 0 Å². The summed E-state index contributed by atoms with van der Waals surface area (Å²) in [7, 11) is 1.61. The summed E-state index contributed by atoms with van der Waals surface area (Å²) < 4.78 is 4.94. The van der Waals surface area contributed by atoms with Crippen molar-refractivity contribution in [3.05, 3.63) is 0 Å². The molecule has 2 unspecified atom stereocenters. The van der Waals surface area contributed by atoms with E-state index in [0.29, 0.717) is 19.4 Å². The van der Waals surface area contributed by atoms with Crippen molar-refractivity contribution in [3.8, 4) is 0 Å². The Morgan fingerprint density at radius 3 is 2.62 bits per heavy atom. The maximum Gasteiger partial charge on any atom is 0.220 e. The molecule has 0 spiro atoms. The van der Waals surface area contributed by atoms with E-state index in [0.717, 1.165) is 0 Å². The number of hydrogen-bond donors (Lipinski definition) is 3. The van der Waals surface area contributed by atoms with Gasteiger partial charge in [-0.3, -0.25) is 4.79 Å². The molecule has 16 heavy (non-hydrogen) atoms. The zero-order valence-corrected chi connectivity index (χ0v) is 10.1. The first-order valence-corrected chi connectivity index (χ1v) is 5.24. The molecule has 0 fully saturated rings. The Balaban J connectivity index is 3.86. The Morgan fingerprint density at radius 1 is 1.50 bits per heavy atom. The van der Waals surface area contributed by atoms with E-state index >= 15 is 0 Å². The summed E-state index contributed by atoms with van der Waals surface area (Å²) in [5.74, 6) is 0.238. The summed E-state index contributed by atoms with van der Waals surface area (Å²) in [5, 5.41) is 14.0. The van der Waals surface area contributed by atoms with Gasteiger partial charge < -0.3 is 21.0 Å². The highest BCUT2D eigenvalue weighted by molar-refractivity contribution is 5.81. The summed E-state index contributed by atoms with van der Waals surface area (Å²) in [6.07, 6.45) is 0.745. The average molecular weight is 231 g/mol. The average Bonchev–Trinajstić information content (AvgIpc) is 2.16. The van der Waals surface area contributed by atoms with Gasteiger partial charge in [0, 0.05) is 32.6 Å². The lowest BCUT2D eigenvalue weighted by Gasteiger charge is -2.15. The van der Waals surface area contributed by atoms with Gasteiger partial charge in [0.25, 0.3) is 0 Å². The molecule has 0 aliphatic rings. The SMILES string of the molecule is COCC(C)CC(=O)NC(C)CC(N)=NO. The van der Waals surface area contributed by atoms with Gasteiger partial charge >= 0.3 is 0 Å². The Labute approximate surface area is 95.8 Å². The van der Waals surface area contributed by atoms with Gasteiger partial charge in [-0.25, -0.2) is 0 Å². The van der Waals surface area contributed by atoms with Gasteiger partial charge in [-0.05, 0) is 12.8 Å². The molecule has 0 heterocycles. The molecule has 94 valence electrons. The third-order valence-electron chi connectivity index (χ3n) is 2.04. The van der Waals surface area contributed by atoms with Crippen LogP contribution in [0, 0.1) is 5.92 Å². The van der Waals surface area contributed by atoms with Crippen molar-refractivity contribution in [2.75, 3.05) is 13.7 Å². The van der Waals surface area contributed by atoms with Crippen LogP contribution in [0.3, 0.4) is 0 Å². The van der Waals surface area contributed by atoms with Gasteiger partial charge in [0.05, 0.1) is 0 Å². The normalized spacial score (nSPS) is 15.6. The predicted molar refractivity (Wildman–Crippen MR) is 61.3 cm³/mol. The predicted octanol–water partition coefficient (Wildman–Crippen LogP) is 0.300. The Kier molecular flexibility index (Phi) is 7.28. The number of nitrogens with one attached hydrogen (secondary N) is 1. The quantitative estimate of drug-likeness (QED) is 0.254. The van der Waals surface area contributed by atoms with Crippen LogP contribution in [-0.4, -0.2) is 36.7 Å². The van der Waals surface area contributed by atoms with Crippen LogP contribution in [0.15, 0.2) is 5.16 Å². The first-order valence-electron chi connectivity index (χ1n) is 5.24. The summed E-state index contributed by atoms with van der Waals surface area (Å²) in [4.78, 5) is 11.5. The molecule has 4 N–H and O–H groups in total. The summed E-state index contributed by atoms with van der Waals surface area (Å²) in [6, 6.07) is -0.141. The first-order chi connectivity index (χ1) is 7.49. The van der Waals surface area contributed by atoms with Crippen LogP contribution in [0.25, 0.3) is 0 Å². The summed E-state index contributed by atoms with van der Waals surface area (Å²) in [5.41, 5.74) is 5.33. The highest BCUT2D eigenvalue weighted by Gasteiger charge is 2.12. The van der Waals surface area contributed by atoms with E-state index in [9.17, 15) is 4.79 Å². The van der Waals surface area contributed by atoms with Gasteiger partial charge in [-0.2, -0.15) is 0 Å². The number of amidine groups is 1. The molecule has 0 aromatic carbocycles. The number of rotatable bonds is 7. The molecule has 0 aromatic heterocycles. The molecule has 0 radical (unpaired) electrons. The van der Waals surface area contributed by atoms with Gasteiger partial charge in [0.2, 0.25) is 5.91 Å². The Bertz CT molecular complexity index is 243. The number of ether oxygens (including phenoxy) is 1. The maximum absolute atomic E-state index is 11.5. The summed E-state index contributed by atoms with van der Waals surface area (Å²) in [6.45, 7) is 4.30. The molecule has 0 aliphatic carbocycles. The van der Waals surface area contributed by atoms with Gasteiger partial charge in [-0.1, -0.05) is 12.1 Å². The minimum Gasteiger partial charge on any atom is -0.409 e.